The molecule has 0 spiro atoms. The number of anilines is 1. The SMILES string of the molecule is CCCCCCOc1cccc(NC(=O)c2cc(S(=O)(=O)N(C)C)c(Cl)cc2Cl)c1. The first-order valence-electron chi connectivity index (χ1n) is 9.62. The van der Waals surface area contributed by atoms with Gasteiger partial charge in [-0.05, 0) is 30.7 Å². The van der Waals surface area contributed by atoms with Crippen LogP contribution in [0.5, 0.6) is 5.75 Å². The lowest BCUT2D eigenvalue weighted by Crippen LogP contribution is -2.23. The number of nitrogens with zero attached hydrogens (tertiary/aromatic N) is 1. The number of benzene rings is 2. The zero-order valence-electron chi connectivity index (χ0n) is 17.2. The molecule has 0 heterocycles. The summed E-state index contributed by atoms with van der Waals surface area (Å²) >= 11 is 12.2. The topological polar surface area (TPSA) is 75.7 Å². The smallest absolute Gasteiger partial charge is 0.257 e. The fourth-order valence-corrected chi connectivity index (χ4v) is 4.41. The molecule has 0 aliphatic heterocycles. The largest absolute Gasteiger partial charge is 0.494 e. The minimum Gasteiger partial charge on any atom is -0.494 e. The Balaban J connectivity index is 2.17. The van der Waals surface area contributed by atoms with E-state index >= 15 is 0 Å². The van der Waals surface area contributed by atoms with Crippen LogP contribution in [0.3, 0.4) is 0 Å². The van der Waals surface area contributed by atoms with E-state index in [-0.39, 0.29) is 20.5 Å². The summed E-state index contributed by atoms with van der Waals surface area (Å²) in [5, 5.41) is 2.72. The average Bonchev–Trinajstić information content (AvgIpc) is 2.67. The minimum absolute atomic E-state index is 0.00683. The first-order valence-corrected chi connectivity index (χ1v) is 11.8. The van der Waals surface area contributed by atoms with Crippen molar-refractivity contribution in [3.63, 3.8) is 0 Å². The number of amides is 1. The Labute approximate surface area is 188 Å². The molecular formula is C21H26Cl2N2O4S. The molecule has 1 amide bonds. The van der Waals surface area contributed by atoms with E-state index in [0.717, 1.165) is 23.6 Å². The van der Waals surface area contributed by atoms with Crippen LogP contribution in [0.25, 0.3) is 0 Å². The molecule has 30 heavy (non-hydrogen) atoms. The van der Waals surface area contributed by atoms with Gasteiger partial charge in [-0.3, -0.25) is 4.79 Å². The number of sulfonamides is 1. The van der Waals surface area contributed by atoms with Crippen molar-refractivity contribution < 1.29 is 17.9 Å². The molecule has 1 N–H and O–H groups in total. The van der Waals surface area contributed by atoms with Crippen LogP contribution < -0.4 is 10.1 Å². The Morgan fingerprint density at radius 1 is 1.07 bits per heavy atom. The second-order valence-electron chi connectivity index (χ2n) is 6.94. The third kappa shape index (κ3) is 6.35. The number of ether oxygens (including phenoxy) is 1. The molecule has 0 aliphatic rings. The summed E-state index contributed by atoms with van der Waals surface area (Å²) in [5.74, 6) is 0.0920. The number of hydrogen-bond acceptors (Lipinski definition) is 4. The van der Waals surface area contributed by atoms with Crippen LogP contribution in [0.15, 0.2) is 41.3 Å². The molecule has 0 atom stereocenters. The van der Waals surface area contributed by atoms with Crippen molar-refractivity contribution in [2.24, 2.45) is 0 Å². The Kier molecular flexibility index (Phi) is 8.97. The van der Waals surface area contributed by atoms with Gasteiger partial charge in [0.1, 0.15) is 10.6 Å². The minimum atomic E-state index is -3.83. The fourth-order valence-electron chi connectivity index (χ4n) is 2.68. The fraction of sp³-hybridized carbons (Fsp3) is 0.381. The highest BCUT2D eigenvalue weighted by atomic mass is 35.5. The highest BCUT2D eigenvalue weighted by molar-refractivity contribution is 7.89. The van der Waals surface area contributed by atoms with Gasteiger partial charge in [-0.1, -0.05) is 55.5 Å². The van der Waals surface area contributed by atoms with Gasteiger partial charge >= 0.3 is 0 Å². The van der Waals surface area contributed by atoms with Gasteiger partial charge in [0.15, 0.2) is 0 Å². The zero-order valence-corrected chi connectivity index (χ0v) is 19.6. The first kappa shape index (κ1) is 24.5. The van der Waals surface area contributed by atoms with Gasteiger partial charge in [0.05, 0.1) is 22.2 Å². The normalized spacial score (nSPS) is 11.5. The molecule has 2 rings (SSSR count). The Hall–Kier alpha value is -1.80. The predicted molar refractivity (Wildman–Crippen MR) is 121 cm³/mol. The van der Waals surface area contributed by atoms with Gasteiger partial charge in [-0.25, -0.2) is 12.7 Å². The standard InChI is InChI=1S/C21H26Cl2N2O4S/c1-4-5-6-7-11-29-16-10-8-9-15(12-16)24-21(26)17-13-20(19(23)14-18(17)22)30(27,28)25(2)3/h8-10,12-14H,4-7,11H2,1-3H3,(H,24,26). The second kappa shape index (κ2) is 11.0. The number of rotatable bonds is 10. The van der Waals surface area contributed by atoms with Gasteiger partial charge < -0.3 is 10.1 Å². The van der Waals surface area contributed by atoms with E-state index in [1.807, 2.05) is 6.07 Å². The summed E-state index contributed by atoms with van der Waals surface area (Å²) in [6.45, 7) is 2.75. The lowest BCUT2D eigenvalue weighted by molar-refractivity contribution is 0.102. The maximum atomic E-state index is 12.8. The molecule has 2 aromatic carbocycles. The number of carbonyl (C=O) groups is 1. The van der Waals surface area contributed by atoms with Crippen LogP contribution in [0, 0.1) is 0 Å². The molecule has 6 nitrogen and oxygen atoms in total. The lowest BCUT2D eigenvalue weighted by Gasteiger charge is -2.15. The predicted octanol–water partition coefficient (Wildman–Crippen LogP) is 5.46. The van der Waals surface area contributed by atoms with Crippen molar-refractivity contribution in [1.29, 1.82) is 0 Å². The summed E-state index contributed by atoms with van der Waals surface area (Å²) in [6.07, 6.45) is 4.41. The molecule has 0 saturated heterocycles. The molecule has 0 radical (unpaired) electrons. The molecule has 0 unspecified atom stereocenters. The number of nitrogens with one attached hydrogen (secondary N) is 1. The molecule has 0 saturated carbocycles. The Morgan fingerprint density at radius 3 is 2.47 bits per heavy atom. The quantitative estimate of drug-likeness (QED) is 0.466. The summed E-state index contributed by atoms with van der Waals surface area (Å²) in [4.78, 5) is 12.6. The Bertz CT molecular complexity index is 994. The van der Waals surface area contributed by atoms with Crippen LogP contribution in [0.1, 0.15) is 43.0 Å². The first-order chi connectivity index (χ1) is 14.2. The van der Waals surface area contributed by atoms with Crippen molar-refractivity contribution >= 4 is 44.8 Å². The number of carbonyl (C=O) groups excluding carboxylic acids is 1. The highest BCUT2D eigenvalue weighted by Gasteiger charge is 2.24. The Morgan fingerprint density at radius 2 is 1.80 bits per heavy atom. The molecular weight excluding hydrogens is 447 g/mol. The number of halogens is 2. The maximum absolute atomic E-state index is 12.8. The molecule has 2 aromatic rings. The van der Waals surface area contributed by atoms with Gasteiger partial charge in [-0.15, -0.1) is 0 Å². The van der Waals surface area contributed by atoms with E-state index in [1.54, 1.807) is 18.2 Å². The van der Waals surface area contributed by atoms with Gasteiger partial charge in [0.2, 0.25) is 10.0 Å². The summed E-state index contributed by atoms with van der Waals surface area (Å²) < 4.78 is 31.7. The van der Waals surface area contributed by atoms with Crippen LogP contribution in [0.4, 0.5) is 5.69 Å². The molecule has 0 fully saturated rings. The van der Waals surface area contributed by atoms with Crippen LogP contribution in [-0.4, -0.2) is 39.3 Å². The van der Waals surface area contributed by atoms with Crippen molar-refractivity contribution in [1.82, 2.24) is 4.31 Å². The van der Waals surface area contributed by atoms with Crippen molar-refractivity contribution in [2.75, 3.05) is 26.0 Å². The van der Waals surface area contributed by atoms with E-state index in [1.165, 1.54) is 32.6 Å². The lowest BCUT2D eigenvalue weighted by atomic mass is 10.2. The van der Waals surface area contributed by atoms with Crippen LogP contribution in [0.2, 0.25) is 10.0 Å². The van der Waals surface area contributed by atoms with Crippen molar-refractivity contribution in [2.45, 2.75) is 37.5 Å². The van der Waals surface area contributed by atoms with E-state index in [0.29, 0.717) is 18.0 Å². The van der Waals surface area contributed by atoms with E-state index in [9.17, 15) is 13.2 Å². The summed E-state index contributed by atoms with van der Waals surface area (Å²) in [5.41, 5.74) is 0.515. The molecule has 0 aromatic heterocycles. The summed E-state index contributed by atoms with van der Waals surface area (Å²) in [6, 6.07) is 9.44. The number of unbranched alkanes of at least 4 members (excludes halogenated alkanes) is 3. The second-order valence-corrected chi connectivity index (χ2v) is 9.88. The molecule has 164 valence electrons. The third-order valence-corrected chi connectivity index (χ3v) is 6.98. The summed E-state index contributed by atoms with van der Waals surface area (Å²) in [7, 11) is -1.07. The van der Waals surface area contributed by atoms with Crippen molar-refractivity contribution in [3.8, 4) is 5.75 Å². The van der Waals surface area contributed by atoms with Crippen molar-refractivity contribution in [3.05, 3.63) is 52.0 Å². The van der Waals surface area contributed by atoms with Crippen LogP contribution in [-0.2, 0) is 10.0 Å². The molecule has 0 bridgehead atoms. The average molecular weight is 473 g/mol. The zero-order chi connectivity index (χ0) is 22.3. The maximum Gasteiger partial charge on any atom is 0.257 e. The van der Waals surface area contributed by atoms with Gasteiger partial charge in [0.25, 0.3) is 5.91 Å². The van der Waals surface area contributed by atoms with E-state index < -0.39 is 15.9 Å². The van der Waals surface area contributed by atoms with Gasteiger partial charge in [0, 0.05) is 25.8 Å². The molecule has 9 heteroatoms. The van der Waals surface area contributed by atoms with Crippen LogP contribution >= 0.6 is 23.2 Å². The number of hydrogen-bond donors (Lipinski definition) is 1. The van der Waals surface area contributed by atoms with E-state index in [4.69, 9.17) is 27.9 Å². The highest BCUT2D eigenvalue weighted by Crippen LogP contribution is 2.30. The third-order valence-electron chi connectivity index (χ3n) is 4.38. The van der Waals surface area contributed by atoms with Gasteiger partial charge in [-0.2, -0.15) is 0 Å². The van der Waals surface area contributed by atoms with E-state index in [2.05, 4.69) is 12.2 Å². The molecule has 0 aliphatic carbocycles. The monoisotopic (exact) mass is 472 g/mol.